The van der Waals surface area contributed by atoms with E-state index in [0.29, 0.717) is 0 Å². The SMILES string of the molecule is CC1(C)c2cc(-c3cccc(-c4ccccc4)c3)ccc2-c2ccc(-c3ccc4c5c(cccc35)-c3ccccc3-4)cc21. The van der Waals surface area contributed by atoms with E-state index in [2.05, 4.69) is 159 Å². The highest BCUT2D eigenvalue weighted by Crippen LogP contribution is 2.53. The zero-order valence-corrected chi connectivity index (χ0v) is 24.4. The fraction of sp³-hybridized carbons (Fsp3) is 0.0698. The van der Waals surface area contributed by atoms with E-state index < -0.39 is 0 Å². The summed E-state index contributed by atoms with van der Waals surface area (Å²) < 4.78 is 0. The van der Waals surface area contributed by atoms with Gasteiger partial charge in [-0.2, -0.15) is 0 Å². The van der Waals surface area contributed by atoms with Crippen molar-refractivity contribution in [1.82, 2.24) is 0 Å². The molecule has 0 nitrogen and oxygen atoms in total. The first-order valence-electron chi connectivity index (χ1n) is 15.2. The molecule has 7 aromatic carbocycles. The summed E-state index contributed by atoms with van der Waals surface area (Å²) in [6.07, 6.45) is 0. The Balaban J connectivity index is 1.14. The smallest absolute Gasteiger partial charge is 0.0159 e. The van der Waals surface area contributed by atoms with Crippen molar-refractivity contribution in [2.24, 2.45) is 0 Å². The van der Waals surface area contributed by atoms with Gasteiger partial charge in [0.05, 0.1) is 0 Å². The van der Waals surface area contributed by atoms with E-state index in [-0.39, 0.29) is 5.41 Å². The van der Waals surface area contributed by atoms with Gasteiger partial charge >= 0.3 is 0 Å². The second-order valence-corrected chi connectivity index (χ2v) is 12.5. The molecular formula is C43H30. The summed E-state index contributed by atoms with van der Waals surface area (Å²) in [7, 11) is 0. The molecule has 43 heavy (non-hydrogen) atoms. The van der Waals surface area contributed by atoms with Crippen LogP contribution in [-0.4, -0.2) is 0 Å². The van der Waals surface area contributed by atoms with Crippen LogP contribution >= 0.6 is 0 Å². The molecule has 0 radical (unpaired) electrons. The lowest BCUT2D eigenvalue weighted by molar-refractivity contribution is 0.661. The molecule has 0 unspecified atom stereocenters. The maximum atomic E-state index is 2.46. The molecule has 0 atom stereocenters. The van der Waals surface area contributed by atoms with E-state index in [1.165, 1.54) is 88.7 Å². The summed E-state index contributed by atoms with van der Waals surface area (Å²) in [5.74, 6) is 0. The minimum atomic E-state index is -0.0984. The number of hydrogen-bond donors (Lipinski definition) is 0. The van der Waals surface area contributed by atoms with Crippen molar-refractivity contribution in [3.63, 3.8) is 0 Å². The van der Waals surface area contributed by atoms with E-state index in [9.17, 15) is 0 Å². The second-order valence-electron chi connectivity index (χ2n) is 12.5. The Morgan fingerprint density at radius 1 is 0.326 bits per heavy atom. The number of benzene rings is 7. The molecule has 0 aliphatic heterocycles. The molecule has 0 amide bonds. The van der Waals surface area contributed by atoms with Crippen LogP contribution in [0.25, 0.3) is 77.5 Å². The van der Waals surface area contributed by atoms with Gasteiger partial charge in [0, 0.05) is 5.41 Å². The van der Waals surface area contributed by atoms with E-state index in [0.717, 1.165) is 0 Å². The first kappa shape index (κ1) is 24.4. The van der Waals surface area contributed by atoms with Gasteiger partial charge in [0.2, 0.25) is 0 Å². The summed E-state index contributed by atoms with van der Waals surface area (Å²) in [6, 6.07) is 54.0. The Hall–Kier alpha value is -5.20. The maximum absolute atomic E-state index is 2.46. The van der Waals surface area contributed by atoms with Crippen LogP contribution in [0.3, 0.4) is 0 Å². The molecule has 0 spiro atoms. The van der Waals surface area contributed by atoms with Crippen molar-refractivity contribution >= 4 is 10.8 Å². The number of fused-ring (bicyclic) bond motifs is 6. The van der Waals surface area contributed by atoms with Crippen LogP contribution < -0.4 is 0 Å². The van der Waals surface area contributed by atoms with Gasteiger partial charge in [0.1, 0.15) is 0 Å². The summed E-state index contributed by atoms with van der Waals surface area (Å²) in [6.45, 7) is 4.77. The van der Waals surface area contributed by atoms with Gasteiger partial charge in [-0.1, -0.05) is 141 Å². The molecule has 0 heterocycles. The molecule has 0 saturated heterocycles. The van der Waals surface area contributed by atoms with Gasteiger partial charge in [-0.25, -0.2) is 0 Å². The van der Waals surface area contributed by atoms with Gasteiger partial charge in [-0.15, -0.1) is 0 Å². The number of rotatable bonds is 3. The lowest BCUT2D eigenvalue weighted by atomic mass is 9.80. The van der Waals surface area contributed by atoms with Gasteiger partial charge < -0.3 is 0 Å². The summed E-state index contributed by atoms with van der Waals surface area (Å²) >= 11 is 0. The highest BCUT2D eigenvalue weighted by atomic mass is 14.4. The van der Waals surface area contributed by atoms with Crippen molar-refractivity contribution in [2.75, 3.05) is 0 Å². The lowest BCUT2D eigenvalue weighted by Crippen LogP contribution is -2.15. The van der Waals surface area contributed by atoms with E-state index in [1.807, 2.05) is 0 Å². The van der Waals surface area contributed by atoms with Crippen LogP contribution in [0, 0.1) is 0 Å². The molecular weight excluding hydrogens is 516 g/mol. The van der Waals surface area contributed by atoms with Crippen LogP contribution in [0.2, 0.25) is 0 Å². The normalized spacial score (nSPS) is 13.5. The monoisotopic (exact) mass is 546 g/mol. The van der Waals surface area contributed by atoms with E-state index in [4.69, 9.17) is 0 Å². The third kappa shape index (κ3) is 3.50. The maximum Gasteiger partial charge on any atom is 0.0159 e. The minimum Gasteiger partial charge on any atom is -0.0622 e. The fourth-order valence-corrected chi connectivity index (χ4v) is 7.65. The zero-order chi connectivity index (χ0) is 28.7. The predicted molar refractivity (Wildman–Crippen MR) is 182 cm³/mol. The fourth-order valence-electron chi connectivity index (χ4n) is 7.65. The average molecular weight is 547 g/mol. The largest absolute Gasteiger partial charge is 0.0622 e. The first-order valence-corrected chi connectivity index (χ1v) is 15.2. The van der Waals surface area contributed by atoms with Crippen LogP contribution in [0.4, 0.5) is 0 Å². The summed E-state index contributed by atoms with van der Waals surface area (Å²) in [4.78, 5) is 0. The molecule has 202 valence electrons. The minimum absolute atomic E-state index is 0.0984. The topological polar surface area (TPSA) is 0 Å². The second kappa shape index (κ2) is 8.90. The van der Waals surface area contributed by atoms with E-state index >= 15 is 0 Å². The molecule has 2 aliphatic carbocycles. The van der Waals surface area contributed by atoms with Crippen molar-refractivity contribution < 1.29 is 0 Å². The predicted octanol–water partition coefficient (Wildman–Crippen LogP) is 11.8. The Kier molecular flexibility index (Phi) is 5.05. The Bertz CT molecular complexity index is 2220. The quantitative estimate of drug-likeness (QED) is 0.207. The molecule has 0 fully saturated rings. The third-order valence-electron chi connectivity index (χ3n) is 9.84. The Labute approximate surface area is 252 Å². The third-order valence-corrected chi connectivity index (χ3v) is 9.84. The standard InChI is InChI=1S/C43H30/c1-43(2)40-25-30(29-13-8-12-28(24-29)27-10-4-3-5-11-27)18-20-35(40)36-21-19-31(26-41(36)43)32-22-23-39-34-15-7-6-14-33(34)38-17-9-16-37(32)42(38)39/h3-26H,1-2H3. The van der Waals surface area contributed by atoms with Crippen molar-refractivity contribution in [3.05, 3.63) is 157 Å². The van der Waals surface area contributed by atoms with Gasteiger partial charge in [0.25, 0.3) is 0 Å². The molecule has 9 rings (SSSR count). The van der Waals surface area contributed by atoms with Crippen molar-refractivity contribution in [3.8, 4) is 66.8 Å². The average Bonchev–Trinajstić information content (AvgIpc) is 3.51. The molecule has 0 N–H and O–H groups in total. The van der Waals surface area contributed by atoms with E-state index in [1.54, 1.807) is 0 Å². The van der Waals surface area contributed by atoms with Crippen LogP contribution in [0.1, 0.15) is 25.0 Å². The molecule has 0 heteroatoms. The van der Waals surface area contributed by atoms with Crippen LogP contribution in [-0.2, 0) is 5.41 Å². The van der Waals surface area contributed by atoms with Gasteiger partial charge in [0.15, 0.2) is 0 Å². The highest BCUT2D eigenvalue weighted by molar-refractivity contribution is 6.18. The highest BCUT2D eigenvalue weighted by Gasteiger charge is 2.36. The summed E-state index contributed by atoms with van der Waals surface area (Å²) in [5.41, 5.74) is 18.4. The Morgan fingerprint density at radius 3 is 1.56 bits per heavy atom. The van der Waals surface area contributed by atoms with Crippen LogP contribution in [0.5, 0.6) is 0 Å². The molecule has 2 aliphatic rings. The molecule has 0 saturated carbocycles. The Morgan fingerprint density at radius 2 is 0.814 bits per heavy atom. The molecule has 0 bridgehead atoms. The van der Waals surface area contributed by atoms with Crippen molar-refractivity contribution in [1.29, 1.82) is 0 Å². The number of hydrogen-bond acceptors (Lipinski definition) is 0. The zero-order valence-electron chi connectivity index (χ0n) is 24.4. The molecule has 7 aromatic rings. The van der Waals surface area contributed by atoms with Crippen molar-refractivity contribution in [2.45, 2.75) is 19.3 Å². The molecule has 0 aromatic heterocycles. The van der Waals surface area contributed by atoms with Crippen LogP contribution in [0.15, 0.2) is 146 Å². The summed E-state index contributed by atoms with van der Waals surface area (Å²) in [5, 5.41) is 2.71. The van der Waals surface area contributed by atoms with Gasteiger partial charge in [-0.3, -0.25) is 0 Å². The lowest BCUT2D eigenvalue weighted by Gasteiger charge is -2.23. The first-order chi connectivity index (χ1) is 21.1. The van der Waals surface area contributed by atoms with Gasteiger partial charge in [-0.05, 0) is 107 Å².